The Bertz CT molecular complexity index is 141. The van der Waals surface area contributed by atoms with Gasteiger partial charge in [0, 0.05) is 0 Å². The van der Waals surface area contributed by atoms with E-state index in [1.165, 1.54) is 25.7 Å². The fraction of sp³-hybridized carbons (Fsp3) is 1.00. The van der Waals surface area contributed by atoms with Crippen LogP contribution in [-0.4, -0.2) is 23.4 Å². The minimum Gasteiger partial charge on any atom is -0.391 e. The highest BCUT2D eigenvalue weighted by molar-refractivity contribution is 4.96. The Morgan fingerprint density at radius 1 is 1.20 bits per heavy atom. The van der Waals surface area contributed by atoms with Crippen molar-refractivity contribution in [1.82, 2.24) is 0 Å². The molecule has 2 rings (SSSR count). The van der Waals surface area contributed by atoms with Gasteiger partial charge < -0.3 is 9.84 Å². The van der Waals surface area contributed by atoms with E-state index >= 15 is 0 Å². The van der Waals surface area contributed by atoms with Crippen LogP contribution in [0.2, 0.25) is 0 Å². The lowest BCUT2D eigenvalue weighted by molar-refractivity contribution is -0.00896. The molecule has 1 aliphatic heterocycles. The van der Waals surface area contributed by atoms with E-state index in [-0.39, 0.29) is 11.7 Å². The standard InChI is InChI=1S/C8H14O2.C3H8.C2H6/c9-7-2-1-3-8(4-5-8)10-6-7;1-3-2;1-2/h7,9H,1-6H2;3H2,1-2H3;1-2H3. The molecule has 0 radical (unpaired) electrons. The summed E-state index contributed by atoms with van der Waals surface area (Å²) in [6, 6.07) is 0. The Labute approximate surface area is 95.0 Å². The Hall–Kier alpha value is -0.0800. The molecule has 1 aliphatic carbocycles. The van der Waals surface area contributed by atoms with Gasteiger partial charge in [-0.2, -0.15) is 0 Å². The molecule has 1 saturated heterocycles. The fourth-order valence-electron chi connectivity index (χ4n) is 1.62. The summed E-state index contributed by atoms with van der Waals surface area (Å²) in [6.45, 7) is 8.82. The lowest BCUT2D eigenvalue weighted by Crippen LogP contribution is -2.17. The molecule has 1 N–H and O–H groups in total. The summed E-state index contributed by atoms with van der Waals surface area (Å²) in [5.41, 5.74) is 0.234. The highest BCUT2D eigenvalue weighted by Gasteiger charge is 2.44. The Morgan fingerprint density at radius 3 is 2.20 bits per heavy atom. The Balaban J connectivity index is 0.000000342. The van der Waals surface area contributed by atoms with Crippen LogP contribution >= 0.6 is 0 Å². The van der Waals surface area contributed by atoms with E-state index in [4.69, 9.17) is 4.74 Å². The second-order valence-corrected chi connectivity index (χ2v) is 4.25. The normalized spacial score (nSPS) is 26.6. The van der Waals surface area contributed by atoms with E-state index in [1.807, 2.05) is 13.8 Å². The first-order valence-corrected chi connectivity index (χ1v) is 6.54. The highest BCUT2D eigenvalue weighted by Crippen LogP contribution is 2.45. The molecular formula is C13H28O2. The van der Waals surface area contributed by atoms with Crippen molar-refractivity contribution in [2.75, 3.05) is 6.61 Å². The summed E-state index contributed by atoms with van der Waals surface area (Å²) in [4.78, 5) is 0. The van der Waals surface area contributed by atoms with Crippen LogP contribution in [0.15, 0.2) is 0 Å². The number of aliphatic hydroxyl groups excluding tert-OH is 1. The van der Waals surface area contributed by atoms with Crippen LogP contribution in [0.5, 0.6) is 0 Å². The van der Waals surface area contributed by atoms with E-state index in [9.17, 15) is 5.11 Å². The predicted octanol–water partition coefficient (Wildman–Crippen LogP) is 3.52. The second kappa shape index (κ2) is 8.12. The molecule has 2 nitrogen and oxygen atoms in total. The fourth-order valence-corrected chi connectivity index (χ4v) is 1.62. The molecule has 0 amide bonds. The molecule has 15 heavy (non-hydrogen) atoms. The Morgan fingerprint density at radius 2 is 1.73 bits per heavy atom. The van der Waals surface area contributed by atoms with E-state index in [1.54, 1.807) is 0 Å². The summed E-state index contributed by atoms with van der Waals surface area (Å²) in [7, 11) is 0. The second-order valence-electron chi connectivity index (χ2n) is 4.25. The van der Waals surface area contributed by atoms with Crippen molar-refractivity contribution < 1.29 is 9.84 Å². The summed E-state index contributed by atoms with van der Waals surface area (Å²) >= 11 is 0. The Kier molecular flexibility index (Phi) is 8.07. The minimum atomic E-state index is -0.194. The van der Waals surface area contributed by atoms with Gasteiger partial charge in [-0.25, -0.2) is 0 Å². The van der Waals surface area contributed by atoms with Gasteiger partial charge in [0.2, 0.25) is 0 Å². The van der Waals surface area contributed by atoms with Crippen LogP contribution in [0.3, 0.4) is 0 Å². The van der Waals surface area contributed by atoms with Crippen LogP contribution in [0.1, 0.15) is 66.2 Å². The van der Waals surface area contributed by atoms with E-state index in [2.05, 4.69) is 13.8 Å². The summed E-state index contributed by atoms with van der Waals surface area (Å²) in [5.74, 6) is 0. The minimum absolute atomic E-state index is 0.194. The van der Waals surface area contributed by atoms with Crippen molar-refractivity contribution >= 4 is 0 Å². The highest BCUT2D eigenvalue weighted by atomic mass is 16.5. The number of hydrogen-bond acceptors (Lipinski definition) is 2. The molecule has 2 fully saturated rings. The van der Waals surface area contributed by atoms with Gasteiger partial charge in [0.25, 0.3) is 0 Å². The molecule has 0 aromatic rings. The molecule has 0 bridgehead atoms. The number of aliphatic hydroxyl groups is 1. The third-order valence-corrected chi connectivity index (χ3v) is 2.56. The lowest BCUT2D eigenvalue weighted by atomic mass is 10.1. The van der Waals surface area contributed by atoms with Crippen molar-refractivity contribution in [3.05, 3.63) is 0 Å². The van der Waals surface area contributed by atoms with Crippen LogP contribution < -0.4 is 0 Å². The molecule has 1 heterocycles. The first-order chi connectivity index (χ1) is 7.22. The average molecular weight is 216 g/mol. The van der Waals surface area contributed by atoms with Crippen LogP contribution in [0.4, 0.5) is 0 Å². The monoisotopic (exact) mass is 216 g/mol. The van der Waals surface area contributed by atoms with Crippen molar-refractivity contribution in [3.8, 4) is 0 Å². The van der Waals surface area contributed by atoms with Crippen LogP contribution in [-0.2, 0) is 4.74 Å². The largest absolute Gasteiger partial charge is 0.391 e. The summed E-state index contributed by atoms with van der Waals surface area (Å²) < 4.78 is 5.56. The zero-order valence-electron chi connectivity index (χ0n) is 10.9. The van der Waals surface area contributed by atoms with Crippen molar-refractivity contribution in [2.24, 2.45) is 0 Å². The molecule has 1 unspecified atom stereocenters. The van der Waals surface area contributed by atoms with Crippen molar-refractivity contribution in [2.45, 2.75) is 77.9 Å². The van der Waals surface area contributed by atoms with Crippen molar-refractivity contribution in [3.63, 3.8) is 0 Å². The van der Waals surface area contributed by atoms with Crippen LogP contribution in [0.25, 0.3) is 0 Å². The maximum Gasteiger partial charge on any atom is 0.0774 e. The number of rotatable bonds is 0. The average Bonchev–Trinajstić information content (AvgIpc) is 3.02. The van der Waals surface area contributed by atoms with Gasteiger partial charge in [0.05, 0.1) is 18.3 Å². The topological polar surface area (TPSA) is 29.5 Å². The quantitative estimate of drug-likeness (QED) is 0.671. The molecule has 1 atom stereocenters. The number of ether oxygens (including phenoxy) is 1. The zero-order valence-corrected chi connectivity index (χ0v) is 10.9. The predicted molar refractivity (Wildman–Crippen MR) is 65.1 cm³/mol. The molecule has 1 spiro atoms. The van der Waals surface area contributed by atoms with E-state index < -0.39 is 0 Å². The van der Waals surface area contributed by atoms with Crippen molar-refractivity contribution in [1.29, 1.82) is 0 Å². The first-order valence-electron chi connectivity index (χ1n) is 6.54. The van der Waals surface area contributed by atoms with E-state index in [0.717, 1.165) is 12.8 Å². The molecular weight excluding hydrogens is 188 g/mol. The maximum absolute atomic E-state index is 9.22. The van der Waals surface area contributed by atoms with Gasteiger partial charge in [-0.15, -0.1) is 0 Å². The van der Waals surface area contributed by atoms with Gasteiger partial charge in [-0.05, 0) is 32.1 Å². The molecule has 92 valence electrons. The van der Waals surface area contributed by atoms with Gasteiger partial charge in [-0.3, -0.25) is 0 Å². The lowest BCUT2D eigenvalue weighted by Gasteiger charge is -2.11. The number of hydrogen-bond donors (Lipinski definition) is 1. The smallest absolute Gasteiger partial charge is 0.0774 e. The van der Waals surface area contributed by atoms with Gasteiger partial charge in [0.15, 0.2) is 0 Å². The SMILES string of the molecule is CC.CCC.OC1CCCC2(CC2)OC1. The molecule has 0 aromatic heterocycles. The van der Waals surface area contributed by atoms with Crippen LogP contribution in [0, 0.1) is 0 Å². The van der Waals surface area contributed by atoms with Gasteiger partial charge in [-0.1, -0.05) is 34.1 Å². The maximum atomic E-state index is 9.22. The summed E-state index contributed by atoms with van der Waals surface area (Å²) in [5, 5.41) is 9.22. The summed E-state index contributed by atoms with van der Waals surface area (Å²) in [6.07, 6.45) is 6.74. The van der Waals surface area contributed by atoms with Gasteiger partial charge >= 0.3 is 0 Å². The third kappa shape index (κ3) is 6.16. The third-order valence-electron chi connectivity index (χ3n) is 2.56. The van der Waals surface area contributed by atoms with E-state index in [0.29, 0.717) is 6.61 Å². The first kappa shape index (κ1) is 14.9. The molecule has 2 heteroatoms. The molecule has 0 aromatic carbocycles. The van der Waals surface area contributed by atoms with Gasteiger partial charge in [0.1, 0.15) is 0 Å². The zero-order chi connectivity index (χ0) is 11.7. The molecule has 2 aliphatic rings. The molecule has 1 saturated carbocycles.